The molecule has 23 heavy (non-hydrogen) atoms. The van der Waals surface area contributed by atoms with Crippen LogP contribution in [0.15, 0.2) is 34.4 Å². The first kappa shape index (κ1) is 28.1. The molecular weight excluding hydrogens is 359 g/mol. The average molecular weight is 389 g/mol. The van der Waals surface area contributed by atoms with Crippen molar-refractivity contribution < 1.29 is 46.5 Å². The van der Waals surface area contributed by atoms with Gasteiger partial charge in [-0.1, -0.05) is 65.2 Å². The van der Waals surface area contributed by atoms with E-state index in [9.17, 15) is 0 Å². The van der Waals surface area contributed by atoms with Crippen molar-refractivity contribution in [2.75, 3.05) is 0 Å². The Labute approximate surface area is 171 Å². The van der Waals surface area contributed by atoms with E-state index in [1.54, 1.807) is 0 Å². The van der Waals surface area contributed by atoms with E-state index in [-0.39, 0.29) is 46.5 Å². The molecule has 0 saturated heterocycles. The third-order valence-electron chi connectivity index (χ3n) is 3.96. The SMILES string of the molecule is CCCCC1=C(C)CC=[C-]1.CCCCC1=C(C)CC=[C-]1.[Cl-].[Cl-].[Ti+4]. The third-order valence-corrected chi connectivity index (χ3v) is 3.96. The first-order valence-corrected chi connectivity index (χ1v) is 8.22. The summed E-state index contributed by atoms with van der Waals surface area (Å²) in [5, 5.41) is 0. The van der Waals surface area contributed by atoms with E-state index in [1.807, 2.05) is 0 Å². The Bertz CT molecular complexity index is 377. The van der Waals surface area contributed by atoms with Crippen molar-refractivity contribution in [1.82, 2.24) is 0 Å². The van der Waals surface area contributed by atoms with Crippen LogP contribution in [0.1, 0.15) is 79.1 Å². The Kier molecular flexibility index (Phi) is 20.9. The quantitative estimate of drug-likeness (QED) is 0.459. The van der Waals surface area contributed by atoms with Gasteiger partial charge in [-0.3, -0.25) is 12.2 Å². The molecule has 0 nitrogen and oxygen atoms in total. The molecule has 0 radical (unpaired) electrons. The summed E-state index contributed by atoms with van der Waals surface area (Å²) >= 11 is 0. The van der Waals surface area contributed by atoms with Crippen LogP contribution in [-0.4, -0.2) is 0 Å². The minimum atomic E-state index is 0. The van der Waals surface area contributed by atoms with E-state index in [4.69, 9.17) is 0 Å². The first-order chi connectivity index (χ1) is 9.69. The number of hydrogen-bond acceptors (Lipinski definition) is 0. The molecule has 0 N–H and O–H groups in total. The van der Waals surface area contributed by atoms with Crippen LogP contribution >= 0.6 is 0 Å². The maximum absolute atomic E-state index is 3.30. The van der Waals surface area contributed by atoms with Crippen LogP contribution in [-0.2, 0) is 21.7 Å². The summed E-state index contributed by atoms with van der Waals surface area (Å²) in [5.74, 6) is 0. The van der Waals surface area contributed by atoms with E-state index < -0.39 is 0 Å². The molecule has 128 valence electrons. The Morgan fingerprint density at radius 2 is 1.13 bits per heavy atom. The van der Waals surface area contributed by atoms with Crippen LogP contribution in [0.4, 0.5) is 0 Å². The third kappa shape index (κ3) is 11.4. The van der Waals surface area contributed by atoms with Gasteiger partial charge in [-0.2, -0.15) is 12.2 Å². The average Bonchev–Trinajstić information content (AvgIpc) is 3.04. The van der Waals surface area contributed by atoms with Crippen molar-refractivity contribution >= 4 is 0 Å². The summed E-state index contributed by atoms with van der Waals surface area (Å²) in [4.78, 5) is 0. The molecule has 0 atom stereocenters. The van der Waals surface area contributed by atoms with Gasteiger partial charge >= 0.3 is 21.7 Å². The summed E-state index contributed by atoms with van der Waals surface area (Å²) in [6.07, 6.45) is 20.8. The van der Waals surface area contributed by atoms with Crippen molar-refractivity contribution in [1.29, 1.82) is 0 Å². The first-order valence-electron chi connectivity index (χ1n) is 8.22. The molecule has 2 aliphatic rings. The number of unbranched alkanes of at least 4 members (excludes halogenated alkanes) is 2. The van der Waals surface area contributed by atoms with Crippen molar-refractivity contribution in [2.45, 2.75) is 79.1 Å². The Hall–Kier alpha value is 0.254. The van der Waals surface area contributed by atoms with Crippen LogP contribution in [0, 0.1) is 12.2 Å². The van der Waals surface area contributed by atoms with Crippen LogP contribution in [0.25, 0.3) is 0 Å². The molecule has 0 saturated carbocycles. The zero-order valence-electron chi connectivity index (χ0n) is 15.1. The molecule has 0 aromatic carbocycles. The fourth-order valence-corrected chi connectivity index (χ4v) is 2.43. The molecule has 0 aromatic heterocycles. The molecule has 0 spiro atoms. The summed E-state index contributed by atoms with van der Waals surface area (Å²) in [6.45, 7) is 8.88. The van der Waals surface area contributed by atoms with Gasteiger partial charge in [0.25, 0.3) is 0 Å². The summed E-state index contributed by atoms with van der Waals surface area (Å²) in [5.41, 5.74) is 5.96. The smallest absolute Gasteiger partial charge is 1.00 e. The van der Waals surface area contributed by atoms with Crippen LogP contribution < -0.4 is 24.8 Å². The van der Waals surface area contributed by atoms with Crippen molar-refractivity contribution in [3.05, 3.63) is 46.6 Å². The molecular formula is C20H30Cl2Ti. The van der Waals surface area contributed by atoms with Gasteiger partial charge in [0.05, 0.1) is 0 Å². The molecule has 2 aliphatic carbocycles. The van der Waals surface area contributed by atoms with Gasteiger partial charge in [-0.25, -0.2) is 22.3 Å². The Morgan fingerprint density at radius 3 is 1.35 bits per heavy atom. The van der Waals surface area contributed by atoms with Gasteiger partial charge in [0, 0.05) is 0 Å². The van der Waals surface area contributed by atoms with Crippen LogP contribution in [0.3, 0.4) is 0 Å². The number of halogens is 2. The predicted molar refractivity (Wildman–Crippen MR) is 89.3 cm³/mol. The largest absolute Gasteiger partial charge is 4.00 e. The second-order valence-corrected chi connectivity index (χ2v) is 5.83. The van der Waals surface area contributed by atoms with Gasteiger partial charge < -0.3 is 24.8 Å². The molecule has 0 aromatic rings. The number of hydrogen-bond donors (Lipinski definition) is 0. The van der Waals surface area contributed by atoms with Gasteiger partial charge in [0.2, 0.25) is 0 Å². The summed E-state index contributed by atoms with van der Waals surface area (Å²) in [6, 6.07) is 0. The Morgan fingerprint density at radius 1 is 0.783 bits per heavy atom. The maximum Gasteiger partial charge on any atom is 4.00 e. The molecule has 0 aliphatic heterocycles. The Balaban J connectivity index is -0.000000308. The number of rotatable bonds is 6. The second-order valence-electron chi connectivity index (χ2n) is 5.83. The second kappa shape index (κ2) is 17.1. The van der Waals surface area contributed by atoms with Gasteiger partial charge in [-0.05, 0) is 0 Å². The minimum absolute atomic E-state index is 0. The van der Waals surface area contributed by atoms with Gasteiger partial charge in [0.1, 0.15) is 0 Å². The minimum Gasteiger partial charge on any atom is -1.00 e. The summed E-state index contributed by atoms with van der Waals surface area (Å²) in [7, 11) is 0. The van der Waals surface area contributed by atoms with Gasteiger partial charge in [0.15, 0.2) is 0 Å². The van der Waals surface area contributed by atoms with Crippen molar-refractivity contribution in [2.24, 2.45) is 0 Å². The summed E-state index contributed by atoms with van der Waals surface area (Å²) < 4.78 is 0. The van der Waals surface area contributed by atoms with Crippen LogP contribution in [0.2, 0.25) is 0 Å². The predicted octanol–water partition coefficient (Wildman–Crippen LogP) is 0.518. The van der Waals surface area contributed by atoms with Crippen LogP contribution in [0.5, 0.6) is 0 Å². The van der Waals surface area contributed by atoms with Gasteiger partial charge in [-0.15, -0.1) is 13.8 Å². The fraction of sp³-hybridized carbons (Fsp3) is 0.600. The van der Waals surface area contributed by atoms with E-state index in [2.05, 4.69) is 52.0 Å². The molecule has 0 fully saturated rings. The molecule has 0 amide bonds. The maximum atomic E-state index is 3.30. The molecule has 2 rings (SSSR count). The number of allylic oxidation sites excluding steroid dienone is 8. The monoisotopic (exact) mass is 388 g/mol. The molecule has 0 bridgehead atoms. The zero-order chi connectivity index (χ0) is 14.8. The molecule has 3 heteroatoms. The fourth-order valence-electron chi connectivity index (χ4n) is 2.43. The van der Waals surface area contributed by atoms with E-state index in [0.717, 1.165) is 12.8 Å². The van der Waals surface area contributed by atoms with E-state index >= 15 is 0 Å². The topological polar surface area (TPSA) is 0 Å². The van der Waals surface area contributed by atoms with Crippen molar-refractivity contribution in [3.8, 4) is 0 Å². The van der Waals surface area contributed by atoms with Crippen molar-refractivity contribution in [3.63, 3.8) is 0 Å². The standard InChI is InChI=1S/2C10H15.2ClH.Ti/c2*1-3-4-7-10-8-5-6-9(10)2;;;/h2*5H,3-4,6-7H2,1-2H3;2*1H;/q2*-1;;;+4/p-2. The van der Waals surface area contributed by atoms with E-state index in [1.165, 1.54) is 60.8 Å². The van der Waals surface area contributed by atoms with E-state index in [0.29, 0.717) is 0 Å². The normalized spacial score (nSPS) is 14.8. The molecule has 0 unspecified atom stereocenters. The molecule has 0 heterocycles. The zero-order valence-corrected chi connectivity index (χ0v) is 18.1.